The third-order valence-electron chi connectivity index (χ3n) is 3.14. The summed E-state index contributed by atoms with van der Waals surface area (Å²) in [6.07, 6.45) is 1.90. The molecule has 0 aliphatic rings. The number of carbonyl (C=O) groups is 1. The zero-order valence-electron chi connectivity index (χ0n) is 10.9. The summed E-state index contributed by atoms with van der Waals surface area (Å²) in [4.78, 5) is 11.4. The van der Waals surface area contributed by atoms with Crippen LogP contribution >= 0.6 is 0 Å². The van der Waals surface area contributed by atoms with E-state index in [0.29, 0.717) is 5.69 Å². The monoisotopic (exact) mass is 267 g/mol. The molecule has 3 rings (SSSR count). The molecule has 3 aromatic rings. The molecular formula is C15H13N3O2. The molecule has 1 N–H and O–H groups in total. The van der Waals surface area contributed by atoms with Crippen LogP contribution in [0.2, 0.25) is 0 Å². The van der Waals surface area contributed by atoms with E-state index >= 15 is 0 Å². The van der Waals surface area contributed by atoms with Crippen molar-refractivity contribution in [3.63, 3.8) is 0 Å². The number of aryl methyl sites for hydroxylation is 1. The van der Waals surface area contributed by atoms with Gasteiger partial charge in [-0.25, -0.2) is 9.48 Å². The molecule has 0 aliphatic heterocycles. The second-order valence-electron chi connectivity index (χ2n) is 4.47. The summed E-state index contributed by atoms with van der Waals surface area (Å²) in [5.74, 6) is -0.998. The number of carboxylic acids is 1. The summed E-state index contributed by atoms with van der Waals surface area (Å²) in [6.45, 7) is 0. The van der Waals surface area contributed by atoms with Crippen molar-refractivity contribution in [2.45, 2.75) is 0 Å². The van der Waals surface area contributed by atoms with E-state index in [1.54, 1.807) is 6.07 Å². The van der Waals surface area contributed by atoms with Crippen molar-refractivity contribution in [2.24, 2.45) is 7.05 Å². The summed E-state index contributed by atoms with van der Waals surface area (Å²) in [5.41, 5.74) is 2.39. The fourth-order valence-corrected chi connectivity index (χ4v) is 2.15. The molecule has 2 heterocycles. The number of carboxylic acid groups (broad SMARTS) is 1. The van der Waals surface area contributed by atoms with E-state index in [4.69, 9.17) is 0 Å². The second-order valence-corrected chi connectivity index (χ2v) is 4.47. The fraction of sp³-hybridized carbons (Fsp3) is 0.0667. The molecule has 2 aromatic heterocycles. The SMILES string of the molecule is Cn1cccc1-c1cc(C(=O)O)n(-c2ccccc2)n1. The van der Waals surface area contributed by atoms with Crippen LogP contribution in [0.1, 0.15) is 10.5 Å². The number of nitrogens with zero attached hydrogens (tertiary/aromatic N) is 3. The maximum Gasteiger partial charge on any atom is 0.354 e. The Hall–Kier alpha value is -2.82. The van der Waals surface area contributed by atoms with Gasteiger partial charge in [-0.15, -0.1) is 0 Å². The Morgan fingerprint density at radius 2 is 1.90 bits per heavy atom. The number of para-hydroxylation sites is 1. The fourth-order valence-electron chi connectivity index (χ4n) is 2.15. The molecule has 0 fully saturated rings. The minimum atomic E-state index is -0.998. The third-order valence-corrected chi connectivity index (χ3v) is 3.14. The zero-order valence-corrected chi connectivity index (χ0v) is 10.9. The van der Waals surface area contributed by atoms with Gasteiger partial charge in [0.05, 0.1) is 11.4 Å². The summed E-state index contributed by atoms with van der Waals surface area (Å²) in [7, 11) is 1.90. The zero-order chi connectivity index (χ0) is 14.1. The highest BCUT2D eigenvalue weighted by atomic mass is 16.4. The van der Waals surface area contributed by atoms with Crippen LogP contribution in [0.5, 0.6) is 0 Å². The van der Waals surface area contributed by atoms with Crippen LogP contribution in [0.3, 0.4) is 0 Å². The van der Waals surface area contributed by atoms with Crippen molar-refractivity contribution in [1.29, 1.82) is 0 Å². The topological polar surface area (TPSA) is 60.1 Å². The average Bonchev–Trinajstić information content (AvgIpc) is 3.05. The van der Waals surface area contributed by atoms with Gasteiger partial charge < -0.3 is 9.67 Å². The van der Waals surface area contributed by atoms with E-state index < -0.39 is 5.97 Å². The van der Waals surface area contributed by atoms with Crippen LogP contribution in [0, 0.1) is 0 Å². The highest BCUT2D eigenvalue weighted by molar-refractivity contribution is 5.88. The Kier molecular flexibility index (Phi) is 2.87. The minimum absolute atomic E-state index is 0.146. The normalized spacial score (nSPS) is 10.7. The van der Waals surface area contributed by atoms with Gasteiger partial charge in [0.1, 0.15) is 5.69 Å². The average molecular weight is 267 g/mol. The lowest BCUT2D eigenvalue weighted by atomic mass is 10.2. The first kappa shape index (κ1) is 12.2. The lowest BCUT2D eigenvalue weighted by Gasteiger charge is -2.03. The maximum absolute atomic E-state index is 11.4. The molecule has 0 unspecified atom stereocenters. The Labute approximate surface area is 115 Å². The van der Waals surface area contributed by atoms with Crippen LogP contribution in [0.25, 0.3) is 17.1 Å². The van der Waals surface area contributed by atoms with Crippen molar-refractivity contribution in [3.05, 3.63) is 60.4 Å². The molecule has 0 aliphatic carbocycles. The molecular weight excluding hydrogens is 254 g/mol. The molecule has 20 heavy (non-hydrogen) atoms. The van der Waals surface area contributed by atoms with E-state index in [9.17, 15) is 9.90 Å². The molecule has 5 nitrogen and oxygen atoms in total. The van der Waals surface area contributed by atoms with Gasteiger partial charge >= 0.3 is 5.97 Å². The van der Waals surface area contributed by atoms with Crippen LogP contribution < -0.4 is 0 Å². The molecule has 0 saturated heterocycles. The largest absolute Gasteiger partial charge is 0.477 e. The lowest BCUT2D eigenvalue weighted by Crippen LogP contribution is -2.07. The van der Waals surface area contributed by atoms with Gasteiger partial charge in [0, 0.05) is 19.3 Å². The smallest absolute Gasteiger partial charge is 0.354 e. The Bertz CT molecular complexity index is 757. The summed E-state index contributed by atoms with van der Waals surface area (Å²) >= 11 is 0. The van der Waals surface area contributed by atoms with Gasteiger partial charge in [-0.3, -0.25) is 0 Å². The molecule has 5 heteroatoms. The Balaban J connectivity index is 2.18. The van der Waals surface area contributed by atoms with Gasteiger partial charge in [-0.1, -0.05) is 18.2 Å². The molecule has 0 radical (unpaired) electrons. The number of aromatic nitrogens is 3. The Morgan fingerprint density at radius 1 is 1.15 bits per heavy atom. The van der Waals surface area contributed by atoms with Crippen LogP contribution in [-0.4, -0.2) is 25.4 Å². The van der Waals surface area contributed by atoms with E-state index in [1.165, 1.54) is 4.68 Å². The molecule has 0 atom stereocenters. The van der Waals surface area contributed by atoms with Crippen molar-refractivity contribution < 1.29 is 9.90 Å². The first-order chi connectivity index (χ1) is 9.66. The highest BCUT2D eigenvalue weighted by Gasteiger charge is 2.17. The summed E-state index contributed by atoms with van der Waals surface area (Å²) in [5, 5.41) is 13.8. The summed E-state index contributed by atoms with van der Waals surface area (Å²) in [6, 6.07) is 14.6. The molecule has 0 saturated carbocycles. The van der Waals surface area contributed by atoms with Crippen molar-refractivity contribution in [3.8, 4) is 17.1 Å². The molecule has 100 valence electrons. The van der Waals surface area contributed by atoms with Gasteiger partial charge in [0.15, 0.2) is 5.69 Å². The third kappa shape index (κ3) is 1.99. The van der Waals surface area contributed by atoms with Crippen molar-refractivity contribution in [2.75, 3.05) is 0 Å². The number of rotatable bonds is 3. The maximum atomic E-state index is 11.4. The van der Waals surface area contributed by atoms with E-state index in [-0.39, 0.29) is 5.69 Å². The molecule has 0 amide bonds. The van der Waals surface area contributed by atoms with Crippen LogP contribution in [0.15, 0.2) is 54.7 Å². The van der Waals surface area contributed by atoms with Crippen LogP contribution in [0.4, 0.5) is 0 Å². The van der Waals surface area contributed by atoms with Gasteiger partial charge in [-0.05, 0) is 24.3 Å². The molecule has 1 aromatic carbocycles. The second kappa shape index (κ2) is 4.70. The quantitative estimate of drug-likeness (QED) is 0.793. The van der Waals surface area contributed by atoms with Crippen molar-refractivity contribution >= 4 is 5.97 Å². The Morgan fingerprint density at radius 3 is 2.50 bits per heavy atom. The van der Waals surface area contributed by atoms with Gasteiger partial charge in [0.25, 0.3) is 0 Å². The first-order valence-electron chi connectivity index (χ1n) is 6.17. The lowest BCUT2D eigenvalue weighted by molar-refractivity contribution is 0.0687. The highest BCUT2D eigenvalue weighted by Crippen LogP contribution is 2.21. The van der Waals surface area contributed by atoms with E-state index in [0.717, 1.165) is 11.4 Å². The molecule has 0 spiro atoms. The van der Waals surface area contributed by atoms with Gasteiger partial charge in [0.2, 0.25) is 0 Å². The van der Waals surface area contributed by atoms with E-state index in [2.05, 4.69) is 5.10 Å². The number of aromatic carboxylic acids is 1. The minimum Gasteiger partial charge on any atom is -0.477 e. The van der Waals surface area contributed by atoms with Gasteiger partial charge in [-0.2, -0.15) is 5.10 Å². The van der Waals surface area contributed by atoms with E-state index in [1.807, 2.05) is 60.3 Å². The van der Waals surface area contributed by atoms with Crippen LogP contribution in [-0.2, 0) is 7.05 Å². The first-order valence-corrected chi connectivity index (χ1v) is 6.17. The number of hydrogen-bond donors (Lipinski definition) is 1. The predicted molar refractivity (Wildman–Crippen MR) is 74.9 cm³/mol. The molecule has 0 bridgehead atoms. The van der Waals surface area contributed by atoms with Crippen molar-refractivity contribution in [1.82, 2.24) is 14.3 Å². The standard InChI is InChI=1S/C15H13N3O2/c1-17-9-5-8-13(17)12-10-14(15(19)20)18(16-12)11-6-3-2-4-7-11/h2-10H,1H3,(H,19,20). The predicted octanol–water partition coefficient (Wildman–Crippen LogP) is 2.58. The summed E-state index contributed by atoms with van der Waals surface area (Å²) < 4.78 is 3.36. The number of benzene rings is 1. The number of hydrogen-bond acceptors (Lipinski definition) is 2.